The summed E-state index contributed by atoms with van der Waals surface area (Å²) < 4.78 is 0. The van der Waals surface area contributed by atoms with Gasteiger partial charge in [0, 0.05) is 25.9 Å². The predicted octanol–water partition coefficient (Wildman–Crippen LogP) is 4.08. The van der Waals surface area contributed by atoms with Crippen LogP contribution in [0.2, 0.25) is 0 Å². The fraction of sp³-hybridized carbons (Fsp3) is 0.636. The molecular weight excluding hydrogens is 324 g/mol. The molecule has 0 atom stereocenters. The number of benzene rings is 1. The maximum Gasteiger partial charge on any atom is 0.220 e. The van der Waals surface area contributed by atoms with E-state index in [0.717, 1.165) is 11.1 Å². The van der Waals surface area contributed by atoms with Gasteiger partial charge < -0.3 is 10.6 Å². The molecule has 0 unspecified atom stereocenters. The molecule has 2 saturated carbocycles. The van der Waals surface area contributed by atoms with Gasteiger partial charge in [-0.15, -0.1) is 0 Å². The van der Waals surface area contributed by atoms with Gasteiger partial charge in [0.15, 0.2) is 0 Å². The highest BCUT2D eigenvalue weighted by molar-refractivity contribution is 5.76. The van der Waals surface area contributed by atoms with Gasteiger partial charge in [0.25, 0.3) is 0 Å². The Bertz CT molecular complexity index is 553. The number of hydrogen-bond acceptors (Lipinski definition) is 2. The van der Waals surface area contributed by atoms with E-state index in [1.54, 1.807) is 0 Å². The normalized spacial score (nSPS) is 18.2. The Kier molecular flexibility index (Phi) is 7.10. The van der Waals surface area contributed by atoms with E-state index >= 15 is 0 Å². The first-order valence-electron chi connectivity index (χ1n) is 10.3. The smallest absolute Gasteiger partial charge is 0.220 e. The van der Waals surface area contributed by atoms with Gasteiger partial charge in [0.05, 0.1) is 0 Å². The summed E-state index contributed by atoms with van der Waals surface area (Å²) >= 11 is 0. The summed E-state index contributed by atoms with van der Waals surface area (Å²) in [4.78, 5) is 24.1. The summed E-state index contributed by atoms with van der Waals surface area (Å²) in [6.07, 6.45) is 11.2. The van der Waals surface area contributed by atoms with Gasteiger partial charge in [0.2, 0.25) is 11.8 Å². The molecular formula is C22H32N2O2. The van der Waals surface area contributed by atoms with Crippen LogP contribution >= 0.6 is 0 Å². The minimum atomic E-state index is 0.159. The molecule has 0 spiro atoms. The van der Waals surface area contributed by atoms with Crippen molar-refractivity contribution < 1.29 is 9.59 Å². The average Bonchev–Trinajstić information content (AvgIpc) is 3.33. The van der Waals surface area contributed by atoms with Crippen molar-refractivity contribution in [2.45, 2.75) is 77.3 Å². The molecule has 0 saturated heterocycles. The number of hydrogen-bond donors (Lipinski definition) is 2. The molecule has 0 heterocycles. The van der Waals surface area contributed by atoms with Crippen molar-refractivity contribution in [2.75, 3.05) is 0 Å². The van der Waals surface area contributed by atoms with E-state index in [9.17, 15) is 9.59 Å². The first-order chi connectivity index (χ1) is 12.7. The largest absolute Gasteiger partial charge is 0.352 e. The second kappa shape index (κ2) is 9.75. The molecule has 2 N–H and O–H groups in total. The topological polar surface area (TPSA) is 58.2 Å². The van der Waals surface area contributed by atoms with Crippen molar-refractivity contribution in [1.82, 2.24) is 10.6 Å². The van der Waals surface area contributed by atoms with Gasteiger partial charge in [-0.25, -0.2) is 0 Å². The van der Waals surface area contributed by atoms with Gasteiger partial charge in [-0.05, 0) is 48.6 Å². The van der Waals surface area contributed by atoms with E-state index in [1.165, 1.54) is 51.4 Å². The van der Waals surface area contributed by atoms with Crippen LogP contribution in [0.25, 0.3) is 0 Å². The Morgan fingerprint density at radius 1 is 0.769 bits per heavy atom. The molecule has 0 bridgehead atoms. The fourth-order valence-electron chi connectivity index (χ4n) is 4.35. The molecule has 2 aliphatic rings. The molecule has 142 valence electrons. The van der Waals surface area contributed by atoms with Gasteiger partial charge in [-0.1, -0.05) is 49.9 Å². The van der Waals surface area contributed by atoms with Gasteiger partial charge in [-0.2, -0.15) is 0 Å². The monoisotopic (exact) mass is 356 g/mol. The number of nitrogens with one attached hydrogen (secondary N) is 2. The summed E-state index contributed by atoms with van der Waals surface area (Å²) in [7, 11) is 0. The number of amides is 2. The molecule has 1 aromatic rings. The quantitative estimate of drug-likeness (QED) is 0.737. The minimum absolute atomic E-state index is 0.159. The molecule has 2 amide bonds. The molecule has 2 aliphatic carbocycles. The predicted molar refractivity (Wildman–Crippen MR) is 103 cm³/mol. The second-order valence-corrected chi connectivity index (χ2v) is 8.08. The summed E-state index contributed by atoms with van der Waals surface area (Å²) in [5, 5.41) is 6.08. The Balaban J connectivity index is 1.39. The third-order valence-corrected chi connectivity index (χ3v) is 5.87. The SMILES string of the molecule is O=C(CC1CCCC1)NCc1cccc(CNC(=O)CC2CCCC2)c1. The third-order valence-electron chi connectivity index (χ3n) is 5.87. The molecule has 0 aliphatic heterocycles. The highest BCUT2D eigenvalue weighted by Crippen LogP contribution is 2.28. The lowest BCUT2D eigenvalue weighted by Crippen LogP contribution is -2.25. The average molecular weight is 357 g/mol. The van der Waals surface area contributed by atoms with Crippen LogP contribution in [0, 0.1) is 11.8 Å². The molecule has 0 radical (unpaired) electrons. The first kappa shape index (κ1) is 18.9. The van der Waals surface area contributed by atoms with Crippen LogP contribution in [-0.4, -0.2) is 11.8 Å². The lowest BCUT2D eigenvalue weighted by molar-refractivity contribution is -0.122. The number of carbonyl (C=O) groups excluding carboxylic acids is 2. The van der Waals surface area contributed by atoms with E-state index in [0.29, 0.717) is 37.8 Å². The Hall–Kier alpha value is -1.84. The van der Waals surface area contributed by atoms with Crippen LogP contribution in [0.15, 0.2) is 24.3 Å². The van der Waals surface area contributed by atoms with E-state index in [1.807, 2.05) is 18.2 Å². The molecule has 4 nitrogen and oxygen atoms in total. The highest BCUT2D eigenvalue weighted by atomic mass is 16.2. The Morgan fingerprint density at radius 3 is 1.62 bits per heavy atom. The molecule has 3 rings (SSSR count). The van der Waals surface area contributed by atoms with Gasteiger partial charge in [-0.3, -0.25) is 9.59 Å². The lowest BCUT2D eigenvalue weighted by Gasteiger charge is -2.12. The van der Waals surface area contributed by atoms with E-state index in [-0.39, 0.29) is 11.8 Å². The molecule has 1 aromatic carbocycles. The Morgan fingerprint density at radius 2 is 1.19 bits per heavy atom. The maximum atomic E-state index is 12.1. The van der Waals surface area contributed by atoms with Crippen molar-refractivity contribution in [2.24, 2.45) is 11.8 Å². The van der Waals surface area contributed by atoms with Crippen LogP contribution in [0.1, 0.15) is 75.3 Å². The van der Waals surface area contributed by atoms with Crippen LogP contribution in [0.3, 0.4) is 0 Å². The van der Waals surface area contributed by atoms with Crippen molar-refractivity contribution in [3.05, 3.63) is 35.4 Å². The van der Waals surface area contributed by atoms with Crippen LogP contribution in [0.5, 0.6) is 0 Å². The molecule has 2 fully saturated rings. The number of carbonyl (C=O) groups is 2. The Labute approximate surface area is 157 Å². The summed E-state index contributed by atoms with van der Waals surface area (Å²) in [5.41, 5.74) is 2.18. The molecule has 26 heavy (non-hydrogen) atoms. The van der Waals surface area contributed by atoms with Crippen LogP contribution in [-0.2, 0) is 22.7 Å². The standard InChI is InChI=1S/C22H32N2O2/c25-21(13-17-6-1-2-7-17)23-15-19-10-5-11-20(12-19)16-24-22(26)14-18-8-3-4-9-18/h5,10-12,17-18H,1-4,6-9,13-16H2,(H,23,25)(H,24,26). The fourth-order valence-corrected chi connectivity index (χ4v) is 4.35. The lowest BCUT2D eigenvalue weighted by atomic mass is 10.0. The zero-order chi connectivity index (χ0) is 18.2. The maximum absolute atomic E-state index is 12.1. The van der Waals surface area contributed by atoms with Crippen molar-refractivity contribution in [3.8, 4) is 0 Å². The van der Waals surface area contributed by atoms with E-state index in [4.69, 9.17) is 0 Å². The van der Waals surface area contributed by atoms with Gasteiger partial charge in [0.1, 0.15) is 0 Å². The third kappa shape index (κ3) is 6.15. The molecule has 4 heteroatoms. The summed E-state index contributed by atoms with van der Waals surface area (Å²) in [5.74, 6) is 1.48. The highest BCUT2D eigenvalue weighted by Gasteiger charge is 2.19. The minimum Gasteiger partial charge on any atom is -0.352 e. The van der Waals surface area contributed by atoms with E-state index < -0.39 is 0 Å². The summed E-state index contributed by atoms with van der Waals surface area (Å²) in [6.45, 7) is 1.13. The van der Waals surface area contributed by atoms with Crippen molar-refractivity contribution in [3.63, 3.8) is 0 Å². The zero-order valence-electron chi connectivity index (χ0n) is 15.8. The molecule has 0 aromatic heterocycles. The van der Waals surface area contributed by atoms with Crippen molar-refractivity contribution in [1.29, 1.82) is 0 Å². The summed E-state index contributed by atoms with van der Waals surface area (Å²) in [6, 6.07) is 8.13. The zero-order valence-corrected chi connectivity index (χ0v) is 15.8. The first-order valence-corrected chi connectivity index (χ1v) is 10.3. The van der Waals surface area contributed by atoms with Crippen molar-refractivity contribution >= 4 is 11.8 Å². The van der Waals surface area contributed by atoms with Crippen LogP contribution in [0.4, 0.5) is 0 Å². The number of rotatable bonds is 8. The van der Waals surface area contributed by atoms with Gasteiger partial charge >= 0.3 is 0 Å². The van der Waals surface area contributed by atoms with Crippen LogP contribution < -0.4 is 10.6 Å². The second-order valence-electron chi connectivity index (χ2n) is 8.08. The van der Waals surface area contributed by atoms with E-state index in [2.05, 4.69) is 16.7 Å².